The molecule has 0 aromatic heterocycles. The lowest BCUT2D eigenvalue weighted by Gasteiger charge is -2.24. The first-order chi connectivity index (χ1) is 15.1. The average molecular weight is 419 g/mol. The Morgan fingerprint density at radius 1 is 0.344 bits per heavy atom. The molecule has 0 saturated heterocycles. The van der Waals surface area contributed by atoms with Crippen molar-refractivity contribution in [2.24, 2.45) is 0 Å². The molecule has 0 spiro atoms. The van der Waals surface area contributed by atoms with Crippen molar-refractivity contribution in [1.29, 1.82) is 0 Å². The summed E-state index contributed by atoms with van der Waals surface area (Å²) in [6.07, 6.45) is 0. The lowest BCUT2D eigenvalue weighted by Crippen LogP contribution is -2.12. The van der Waals surface area contributed by atoms with E-state index < -0.39 is 0 Å². The Labute approximate surface area is 194 Å². The highest BCUT2D eigenvalue weighted by Gasteiger charge is 2.19. The van der Waals surface area contributed by atoms with Crippen molar-refractivity contribution in [2.75, 3.05) is 0 Å². The molecule has 0 unspecified atom stereocenters. The first-order valence-corrected chi connectivity index (χ1v) is 11.5. The van der Waals surface area contributed by atoms with Crippen molar-refractivity contribution in [3.05, 3.63) is 108 Å². The molecule has 0 N–H and O–H groups in total. The van der Waals surface area contributed by atoms with E-state index in [1.165, 1.54) is 44.5 Å². The Hall–Kier alpha value is -3.12. The fraction of sp³-hybridized carbons (Fsp3) is 0.250. The number of hydrogen-bond donors (Lipinski definition) is 0. The third-order valence-electron chi connectivity index (χ3n) is 6.15. The van der Waals surface area contributed by atoms with Crippen LogP contribution in [-0.4, -0.2) is 0 Å². The maximum Gasteiger partial charge on any atom is -0.0131 e. The fourth-order valence-corrected chi connectivity index (χ4v) is 4.05. The molecule has 0 heteroatoms. The number of benzene rings is 4. The van der Waals surface area contributed by atoms with Gasteiger partial charge in [-0.1, -0.05) is 126 Å². The van der Waals surface area contributed by atoms with Crippen molar-refractivity contribution in [3.8, 4) is 33.4 Å². The van der Waals surface area contributed by atoms with Crippen LogP contribution in [-0.2, 0) is 10.8 Å². The molecular formula is C32H34. The first-order valence-electron chi connectivity index (χ1n) is 11.5. The van der Waals surface area contributed by atoms with E-state index in [0.29, 0.717) is 0 Å². The maximum absolute atomic E-state index is 2.38. The van der Waals surface area contributed by atoms with Crippen molar-refractivity contribution in [3.63, 3.8) is 0 Å². The summed E-state index contributed by atoms with van der Waals surface area (Å²) in [5.41, 5.74) is 10.5. The van der Waals surface area contributed by atoms with E-state index in [2.05, 4.69) is 139 Å². The monoisotopic (exact) mass is 418 g/mol. The standard InChI is InChI=1S/C32H34/c1-31(2,3)29-19-25(23-13-9-7-10-14-23)17-27(21-29)28-18-26(24-15-11-8-12-16-24)20-30(22-28)32(4,5)6/h7-22H,1-6H3. The van der Waals surface area contributed by atoms with Crippen LogP contribution >= 0.6 is 0 Å². The second kappa shape index (κ2) is 8.43. The second-order valence-corrected chi connectivity index (χ2v) is 10.8. The van der Waals surface area contributed by atoms with Gasteiger partial charge in [0.25, 0.3) is 0 Å². The predicted molar refractivity (Wildman–Crippen MR) is 140 cm³/mol. The molecule has 32 heavy (non-hydrogen) atoms. The lowest BCUT2D eigenvalue weighted by atomic mass is 9.81. The van der Waals surface area contributed by atoms with Gasteiger partial charge in [0.1, 0.15) is 0 Å². The van der Waals surface area contributed by atoms with Crippen LogP contribution in [0.25, 0.3) is 33.4 Å². The molecule has 0 bridgehead atoms. The van der Waals surface area contributed by atoms with E-state index in [0.717, 1.165) is 0 Å². The first kappa shape index (κ1) is 22.1. The molecule has 0 amide bonds. The normalized spacial score (nSPS) is 12.1. The van der Waals surface area contributed by atoms with Gasteiger partial charge in [0.05, 0.1) is 0 Å². The highest BCUT2D eigenvalue weighted by atomic mass is 14.2. The minimum atomic E-state index is 0.0729. The molecule has 0 nitrogen and oxygen atoms in total. The van der Waals surface area contributed by atoms with E-state index in [9.17, 15) is 0 Å². The summed E-state index contributed by atoms with van der Waals surface area (Å²) in [7, 11) is 0. The number of hydrogen-bond acceptors (Lipinski definition) is 0. The SMILES string of the molecule is CC(C)(C)c1cc(-c2ccccc2)cc(-c2cc(-c3ccccc3)cc(C(C)(C)C)c2)c1. The van der Waals surface area contributed by atoms with E-state index >= 15 is 0 Å². The Morgan fingerprint density at radius 3 is 0.906 bits per heavy atom. The highest BCUT2D eigenvalue weighted by Crippen LogP contribution is 2.37. The molecular weight excluding hydrogens is 384 g/mol. The van der Waals surface area contributed by atoms with Crippen LogP contribution in [0.3, 0.4) is 0 Å². The average Bonchev–Trinajstić information content (AvgIpc) is 2.78. The summed E-state index contributed by atoms with van der Waals surface area (Å²) < 4.78 is 0. The molecule has 0 aliphatic heterocycles. The summed E-state index contributed by atoms with van der Waals surface area (Å²) >= 11 is 0. The Kier molecular flexibility index (Phi) is 5.82. The third kappa shape index (κ3) is 4.86. The van der Waals surface area contributed by atoms with Crippen molar-refractivity contribution in [1.82, 2.24) is 0 Å². The van der Waals surface area contributed by atoms with Gasteiger partial charge in [-0.15, -0.1) is 0 Å². The molecule has 0 heterocycles. The predicted octanol–water partition coefficient (Wildman–Crippen LogP) is 9.28. The summed E-state index contributed by atoms with van der Waals surface area (Å²) in [5.74, 6) is 0. The molecule has 0 fully saturated rings. The molecule has 0 atom stereocenters. The molecule has 162 valence electrons. The summed E-state index contributed by atoms with van der Waals surface area (Å²) in [6, 6.07) is 35.6. The third-order valence-corrected chi connectivity index (χ3v) is 6.15. The Morgan fingerprint density at radius 2 is 0.625 bits per heavy atom. The van der Waals surface area contributed by atoms with Crippen LogP contribution in [0.2, 0.25) is 0 Å². The lowest BCUT2D eigenvalue weighted by molar-refractivity contribution is 0.589. The van der Waals surface area contributed by atoms with Crippen molar-refractivity contribution >= 4 is 0 Å². The van der Waals surface area contributed by atoms with Crippen LogP contribution in [0.4, 0.5) is 0 Å². The summed E-state index contributed by atoms with van der Waals surface area (Å²) in [6.45, 7) is 13.8. The van der Waals surface area contributed by atoms with E-state index in [1.54, 1.807) is 0 Å². The smallest absolute Gasteiger partial charge is 0.0131 e. The number of rotatable bonds is 3. The summed E-state index contributed by atoms with van der Waals surface area (Å²) in [5, 5.41) is 0. The van der Waals surface area contributed by atoms with Gasteiger partial charge in [-0.2, -0.15) is 0 Å². The van der Waals surface area contributed by atoms with E-state index in [4.69, 9.17) is 0 Å². The summed E-state index contributed by atoms with van der Waals surface area (Å²) in [4.78, 5) is 0. The van der Waals surface area contributed by atoms with E-state index in [-0.39, 0.29) is 10.8 Å². The molecule has 4 aromatic carbocycles. The minimum absolute atomic E-state index is 0.0729. The molecule has 0 aliphatic rings. The van der Waals surface area contributed by atoms with Crippen LogP contribution in [0.1, 0.15) is 52.7 Å². The molecule has 4 aromatic rings. The van der Waals surface area contributed by atoms with Crippen molar-refractivity contribution in [2.45, 2.75) is 52.4 Å². The van der Waals surface area contributed by atoms with Crippen LogP contribution < -0.4 is 0 Å². The zero-order chi connectivity index (χ0) is 22.9. The van der Waals surface area contributed by atoms with Gasteiger partial charge in [0, 0.05) is 0 Å². The van der Waals surface area contributed by atoms with Gasteiger partial charge < -0.3 is 0 Å². The molecule has 4 rings (SSSR count). The van der Waals surface area contributed by atoms with Gasteiger partial charge >= 0.3 is 0 Å². The van der Waals surface area contributed by atoms with Gasteiger partial charge in [0.15, 0.2) is 0 Å². The molecule has 0 radical (unpaired) electrons. The zero-order valence-corrected chi connectivity index (χ0v) is 20.2. The van der Waals surface area contributed by atoms with Gasteiger partial charge in [-0.3, -0.25) is 0 Å². The minimum Gasteiger partial charge on any atom is -0.0622 e. The van der Waals surface area contributed by atoms with Gasteiger partial charge in [-0.25, -0.2) is 0 Å². The quantitative estimate of drug-likeness (QED) is 0.311. The highest BCUT2D eigenvalue weighted by molar-refractivity contribution is 5.79. The van der Waals surface area contributed by atoms with E-state index in [1.807, 2.05) is 0 Å². The van der Waals surface area contributed by atoms with Crippen LogP contribution in [0, 0.1) is 0 Å². The topological polar surface area (TPSA) is 0 Å². The van der Waals surface area contributed by atoms with Crippen LogP contribution in [0.15, 0.2) is 97.1 Å². The fourth-order valence-electron chi connectivity index (χ4n) is 4.05. The van der Waals surface area contributed by atoms with Crippen molar-refractivity contribution < 1.29 is 0 Å². The maximum atomic E-state index is 2.38. The van der Waals surface area contributed by atoms with Crippen LogP contribution in [0.5, 0.6) is 0 Å². The molecule has 0 aliphatic carbocycles. The molecule has 0 saturated carbocycles. The second-order valence-electron chi connectivity index (χ2n) is 10.8. The Balaban J connectivity index is 1.96. The zero-order valence-electron chi connectivity index (χ0n) is 20.2. The largest absolute Gasteiger partial charge is 0.0622 e. The Bertz CT molecular complexity index is 1100. The van der Waals surface area contributed by atoms with Gasteiger partial charge in [-0.05, 0) is 67.5 Å². The van der Waals surface area contributed by atoms with Gasteiger partial charge in [0.2, 0.25) is 0 Å².